The number of aromatic nitrogens is 1. The molecule has 1 fully saturated rings. The van der Waals surface area contributed by atoms with Crippen LogP contribution in [-0.2, 0) is 4.74 Å². The molecule has 0 atom stereocenters. The van der Waals surface area contributed by atoms with Gasteiger partial charge in [-0.1, -0.05) is 0 Å². The molecule has 1 aromatic rings. The third kappa shape index (κ3) is 2.79. The summed E-state index contributed by atoms with van der Waals surface area (Å²) in [5.74, 6) is 0.490. The Bertz CT molecular complexity index is 414. The minimum Gasteiger partial charge on any atom is -0.397 e. The number of methoxy groups -OCH3 is 1. The van der Waals surface area contributed by atoms with Crippen molar-refractivity contribution in [1.82, 2.24) is 9.88 Å². The van der Waals surface area contributed by atoms with E-state index < -0.39 is 0 Å². The van der Waals surface area contributed by atoms with E-state index in [-0.39, 0.29) is 5.91 Å². The van der Waals surface area contributed by atoms with Gasteiger partial charge < -0.3 is 15.4 Å². The Labute approximate surface area is 107 Å². The normalized spacial score (nSPS) is 16.8. The molecule has 98 valence electrons. The third-order valence-electron chi connectivity index (χ3n) is 3.35. The van der Waals surface area contributed by atoms with Crippen LogP contribution in [0, 0.1) is 5.92 Å². The van der Waals surface area contributed by atoms with Crippen molar-refractivity contribution >= 4 is 11.6 Å². The number of carbonyl (C=O) groups is 1. The van der Waals surface area contributed by atoms with Gasteiger partial charge in [-0.2, -0.15) is 0 Å². The zero-order chi connectivity index (χ0) is 13.0. The highest BCUT2D eigenvalue weighted by atomic mass is 16.5. The Morgan fingerprint density at radius 1 is 1.56 bits per heavy atom. The number of amides is 1. The number of nitrogen functional groups attached to an aromatic ring is 1. The molecule has 1 saturated heterocycles. The fraction of sp³-hybridized carbons (Fsp3) is 0.538. The first-order valence-corrected chi connectivity index (χ1v) is 6.21. The Kier molecular flexibility index (Phi) is 4.15. The van der Waals surface area contributed by atoms with Gasteiger partial charge >= 0.3 is 0 Å². The molecule has 1 aliphatic heterocycles. The molecular formula is C13H19N3O2. The van der Waals surface area contributed by atoms with Gasteiger partial charge in [0.2, 0.25) is 0 Å². The smallest absolute Gasteiger partial charge is 0.274 e. The molecule has 0 aliphatic carbocycles. The zero-order valence-corrected chi connectivity index (χ0v) is 10.6. The van der Waals surface area contributed by atoms with Crippen LogP contribution in [0.15, 0.2) is 18.3 Å². The molecule has 0 aromatic carbocycles. The minimum atomic E-state index is -0.0658. The highest BCUT2D eigenvalue weighted by Gasteiger charge is 2.25. The number of hydrogen-bond acceptors (Lipinski definition) is 4. The Balaban J connectivity index is 1.98. The van der Waals surface area contributed by atoms with Crippen molar-refractivity contribution in [1.29, 1.82) is 0 Å². The molecule has 2 heterocycles. The van der Waals surface area contributed by atoms with E-state index in [1.165, 1.54) is 0 Å². The monoisotopic (exact) mass is 249 g/mol. The molecule has 0 unspecified atom stereocenters. The molecule has 0 radical (unpaired) electrons. The van der Waals surface area contributed by atoms with Gasteiger partial charge in [-0.25, -0.2) is 4.98 Å². The van der Waals surface area contributed by atoms with E-state index >= 15 is 0 Å². The van der Waals surface area contributed by atoms with E-state index in [2.05, 4.69) is 4.98 Å². The molecule has 0 bridgehead atoms. The second-order valence-corrected chi connectivity index (χ2v) is 4.63. The first kappa shape index (κ1) is 12.8. The van der Waals surface area contributed by atoms with E-state index in [1.807, 2.05) is 4.90 Å². The summed E-state index contributed by atoms with van der Waals surface area (Å²) in [5.41, 5.74) is 6.58. The molecule has 1 amide bonds. The van der Waals surface area contributed by atoms with E-state index in [1.54, 1.807) is 25.4 Å². The molecule has 2 N–H and O–H groups in total. The largest absolute Gasteiger partial charge is 0.397 e. The van der Waals surface area contributed by atoms with Gasteiger partial charge in [0.05, 0.1) is 5.69 Å². The lowest BCUT2D eigenvalue weighted by Crippen LogP contribution is -2.40. The van der Waals surface area contributed by atoms with Crippen LogP contribution in [0.25, 0.3) is 0 Å². The first-order valence-electron chi connectivity index (χ1n) is 6.21. The Morgan fingerprint density at radius 3 is 2.89 bits per heavy atom. The number of hydrogen-bond donors (Lipinski definition) is 1. The molecule has 5 nitrogen and oxygen atoms in total. The van der Waals surface area contributed by atoms with Crippen LogP contribution >= 0.6 is 0 Å². The summed E-state index contributed by atoms with van der Waals surface area (Å²) in [5, 5.41) is 0. The number of carbonyl (C=O) groups excluding carboxylic acids is 1. The summed E-state index contributed by atoms with van der Waals surface area (Å²) in [7, 11) is 1.71. The van der Waals surface area contributed by atoms with Crippen LogP contribution < -0.4 is 5.73 Å². The van der Waals surface area contributed by atoms with Crippen LogP contribution in [-0.4, -0.2) is 42.6 Å². The summed E-state index contributed by atoms with van der Waals surface area (Å²) < 4.78 is 5.14. The van der Waals surface area contributed by atoms with Crippen LogP contribution in [0.4, 0.5) is 5.69 Å². The molecule has 18 heavy (non-hydrogen) atoms. The summed E-state index contributed by atoms with van der Waals surface area (Å²) in [6.45, 7) is 2.28. The van der Waals surface area contributed by atoms with Gasteiger partial charge in [-0.15, -0.1) is 0 Å². The number of likely N-dealkylation sites (tertiary alicyclic amines) is 1. The number of piperidine rings is 1. The number of rotatable bonds is 3. The Morgan fingerprint density at radius 2 is 2.28 bits per heavy atom. The van der Waals surface area contributed by atoms with Crippen molar-refractivity contribution in [2.24, 2.45) is 5.92 Å². The molecule has 1 aliphatic rings. The zero-order valence-electron chi connectivity index (χ0n) is 10.6. The van der Waals surface area contributed by atoms with Crippen molar-refractivity contribution in [3.8, 4) is 0 Å². The van der Waals surface area contributed by atoms with Gasteiger partial charge in [-0.05, 0) is 30.9 Å². The van der Waals surface area contributed by atoms with Crippen molar-refractivity contribution in [3.05, 3.63) is 24.0 Å². The summed E-state index contributed by atoms with van der Waals surface area (Å²) in [4.78, 5) is 18.1. The predicted octanol–water partition coefficient (Wildman–Crippen LogP) is 1.16. The van der Waals surface area contributed by atoms with E-state index in [9.17, 15) is 4.79 Å². The summed E-state index contributed by atoms with van der Waals surface area (Å²) >= 11 is 0. The first-order chi connectivity index (χ1) is 8.72. The van der Waals surface area contributed by atoms with Gasteiger partial charge in [0, 0.05) is 33.0 Å². The lowest BCUT2D eigenvalue weighted by molar-refractivity contribution is 0.0609. The maximum absolute atomic E-state index is 12.2. The van der Waals surface area contributed by atoms with Crippen molar-refractivity contribution in [3.63, 3.8) is 0 Å². The van der Waals surface area contributed by atoms with Crippen molar-refractivity contribution in [2.75, 3.05) is 32.5 Å². The standard InChI is InChI=1S/C13H19N3O2/c1-18-9-10-4-7-16(8-5-10)13(17)12-11(14)3-2-6-15-12/h2-3,6,10H,4-5,7-9,14H2,1H3. The van der Waals surface area contributed by atoms with E-state index in [4.69, 9.17) is 10.5 Å². The van der Waals surface area contributed by atoms with Gasteiger partial charge in [0.25, 0.3) is 5.91 Å². The topological polar surface area (TPSA) is 68.5 Å². The highest BCUT2D eigenvalue weighted by Crippen LogP contribution is 2.20. The van der Waals surface area contributed by atoms with Gasteiger partial charge in [-0.3, -0.25) is 4.79 Å². The second-order valence-electron chi connectivity index (χ2n) is 4.63. The fourth-order valence-electron chi connectivity index (χ4n) is 2.28. The summed E-state index contributed by atoms with van der Waals surface area (Å²) in [6.07, 6.45) is 3.56. The average molecular weight is 249 g/mol. The molecule has 0 saturated carbocycles. The Hall–Kier alpha value is -1.62. The van der Waals surface area contributed by atoms with Crippen LogP contribution in [0.2, 0.25) is 0 Å². The molecule has 0 spiro atoms. The highest BCUT2D eigenvalue weighted by molar-refractivity contribution is 5.97. The quantitative estimate of drug-likeness (QED) is 0.873. The van der Waals surface area contributed by atoms with Gasteiger partial charge in [0.15, 0.2) is 5.69 Å². The maximum Gasteiger partial charge on any atom is 0.274 e. The number of ether oxygens (including phenoxy) is 1. The predicted molar refractivity (Wildman–Crippen MR) is 69.2 cm³/mol. The van der Waals surface area contributed by atoms with Gasteiger partial charge in [0.1, 0.15) is 0 Å². The lowest BCUT2D eigenvalue weighted by Gasteiger charge is -2.31. The minimum absolute atomic E-state index is 0.0658. The average Bonchev–Trinajstić information content (AvgIpc) is 2.40. The molecule has 1 aromatic heterocycles. The van der Waals surface area contributed by atoms with Crippen LogP contribution in [0.1, 0.15) is 23.3 Å². The third-order valence-corrected chi connectivity index (χ3v) is 3.35. The maximum atomic E-state index is 12.2. The number of pyridine rings is 1. The van der Waals surface area contributed by atoms with Crippen molar-refractivity contribution < 1.29 is 9.53 Å². The van der Waals surface area contributed by atoms with E-state index in [0.29, 0.717) is 17.3 Å². The number of anilines is 1. The molecule has 2 rings (SSSR count). The molecule has 5 heteroatoms. The second kappa shape index (κ2) is 5.82. The van der Waals surface area contributed by atoms with Crippen LogP contribution in [0.3, 0.4) is 0 Å². The van der Waals surface area contributed by atoms with E-state index in [0.717, 1.165) is 32.5 Å². The molecular weight excluding hydrogens is 230 g/mol. The summed E-state index contributed by atoms with van der Waals surface area (Å²) in [6, 6.07) is 3.44. The SMILES string of the molecule is COCC1CCN(C(=O)c2ncccc2N)CC1. The van der Waals surface area contributed by atoms with Crippen LogP contribution in [0.5, 0.6) is 0 Å². The number of nitrogens with zero attached hydrogens (tertiary/aromatic N) is 2. The number of nitrogens with two attached hydrogens (primary N) is 1. The van der Waals surface area contributed by atoms with Crippen molar-refractivity contribution in [2.45, 2.75) is 12.8 Å². The lowest BCUT2D eigenvalue weighted by atomic mass is 9.97. The fourth-order valence-corrected chi connectivity index (χ4v) is 2.28.